The highest BCUT2D eigenvalue weighted by Gasteiger charge is 2.55. The molecule has 0 aromatic heterocycles. The fourth-order valence-corrected chi connectivity index (χ4v) is 5.93. The highest BCUT2D eigenvalue weighted by molar-refractivity contribution is 8.00. The molecule has 6 nitrogen and oxygen atoms in total. The van der Waals surface area contributed by atoms with Crippen LogP contribution in [0.25, 0.3) is 5.70 Å². The lowest BCUT2D eigenvalue weighted by atomic mass is 9.80. The molecule has 2 aromatic carbocycles. The quantitative estimate of drug-likeness (QED) is 0.525. The minimum absolute atomic E-state index is 0.0866. The molecule has 1 fully saturated rings. The molecule has 1 unspecified atom stereocenters. The SMILES string of the molecule is COc1cc(C(=O)[N+]2(C)N=CC3=C2c2ccccc2OC32CCNCC2)ccc1SC(C)C. The summed E-state index contributed by atoms with van der Waals surface area (Å²) in [6.45, 7) is 6.02. The molecule has 3 aliphatic rings. The van der Waals surface area contributed by atoms with Gasteiger partial charge in [0.2, 0.25) is 0 Å². The lowest BCUT2D eigenvalue weighted by Crippen LogP contribution is -2.51. The molecule has 0 saturated carbocycles. The Labute approximate surface area is 199 Å². The molecule has 0 bridgehead atoms. The number of hydrogen-bond donors (Lipinski definition) is 1. The summed E-state index contributed by atoms with van der Waals surface area (Å²) in [6.07, 6.45) is 3.55. The van der Waals surface area contributed by atoms with E-state index in [9.17, 15) is 4.79 Å². The summed E-state index contributed by atoms with van der Waals surface area (Å²) in [6, 6.07) is 13.7. The van der Waals surface area contributed by atoms with Gasteiger partial charge in [0.05, 0.1) is 30.0 Å². The van der Waals surface area contributed by atoms with Crippen LogP contribution in [0.2, 0.25) is 0 Å². The normalized spacial score (nSPS) is 22.8. The molecule has 1 amide bonds. The number of carbonyl (C=O) groups excluding carboxylic acids is 1. The van der Waals surface area contributed by atoms with Crippen LogP contribution in [-0.4, -0.2) is 54.8 Å². The number of methoxy groups -OCH3 is 1. The number of nitrogens with one attached hydrogen (secondary N) is 1. The smallest absolute Gasteiger partial charge is 0.377 e. The molecule has 0 aliphatic carbocycles. The first-order valence-electron chi connectivity index (χ1n) is 11.4. The van der Waals surface area contributed by atoms with Crippen molar-refractivity contribution < 1.29 is 18.9 Å². The van der Waals surface area contributed by atoms with Gasteiger partial charge >= 0.3 is 5.91 Å². The zero-order valence-corrected chi connectivity index (χ0v) is 20.4. The van der Waals surface area contributed by atoms with Crippen molar-refractivity contribution in [1.82, 2.24) is 5.32 Å². The van der Waals surface area contributed by atoms with Crippen LogP contribution in [0, 0.1) is 0 Å². The Hall–Kier alpha value is -2.61. The number of thioether (sulfide) groups is 1. The lowest BCUT2D eigenvalue weighted by molar-refractivity contribution is -0.758. The Balaban J connectivity index is 1.60. The van der Waals surface area contributed by atoms with E-state index in [2.05, 4.69) is 19.2 Å². The number of amides is 1. The zero-order chi connectivity index (χ0) is 23.2. The average Bonchev–Trinajstić information content (AvgIpc) is 3.19. The molecule has 3 aliphatic heterocycles. The number of ether oxygens (including phenoxy) is 2. The maximum Gasteiger partial charge on any atom is 0.377 e. The van der Waals surface area contributed by atoms with E-state index >= 15 is 0 Å². The second-order valence-corrected chi connectivity index (χ2v) is 10.8. The van der Waals surface area contributed by atoms with E-state index < -0.39 is 5.60 Å². The van der Waals surface area contributed by atoms with Gasteiger partial charge in [-0.2, -0.15) is 0 Å². The van der Waals surface area contributed by atoms with Crippen molar-refractivity contribution >= 4 is 29.6 Å². The Morgan fingerprint density at radius 2 is 1.97 bits per heavy atom. The second kappa shape index (κ2) is 8.31. The fraction of sp³-hybridized carbons (Fsp3) is 0.385. The number of rotatable bonds is 4. The van der Waals surface area contributed by atoms with Crippen molar-refractivity contribution in [2.45, 2.75) is 42.4 Å². The predicted octanol–water partition coefficient (Wildman–Crippen LogP) is 4.71. The molecule has 1 N–H and O–H groups in total. The summed E-state index contributed by atoms with van der Waals surface area (Å²) in [7, 11) is 3.52. The van der Waals surface area contributed by atoms with E-state index in [1.165, 1.54) is 0 Å². The first-order valence-corrected chi connectivity index (χ1v) is 12.3. The standard InChI is InChI=1S/C26H30N3O3S/c1-17(2)33-23-10-9-18(15-22(23)31-4)25(30)29(3)24-19-7-5-6-8-21(19)32-26(20(24)16-28-29)11-13-27-14-12-26/h5-10,15-17,27H,11-14H2,1-4H3/q+1. The van der Waals surface area contributed by atoms with E-state index in [-0.39, 0.29) is 10.5 Å². The van der Waals surface area contributed by atoms with Gasteiger partial charge in [-0.15, -0.1) is 16.4 Å². The van der Waals surface area contributed by atoms with Gasteiger partial charge in [-0.1, -0.05) is 31.1 Å². The van der Waals surface area contributed by atoms with Crippen molar-refractivity contribution in [1.29, 1.82) is 0 Å². The first-order chi connectivity index (χ1) is 15.9. The number of hydrogen-bond acceptors (Lipinski definition) is 6. The second-order valence-electron chi connectivity index (χ2n) is 9.15. The van der Waals surface area contributed by atoms with Gasteiger partial charge in [-0.25, -0.2) is 4.79 Å². The number of quaternary nitrogens is 1. The summed E-state index contributed by atoms with van der Waals surface area (Å²) >= 11 is 1.72. The third-order valence-corrected chi connectivity index (χ3v) is 7.69. The number of piperidine rings is 1. The molecular weight excluding hydrogens is 434 g/mol. The molecule has 1 saturated heterocycles. The van der Waals surface area contributed by atoms with E-state index in [1.807, 2.05) is 55.7 Å². The Bertz CT molecular complexity index is 1170. The maximum absolute atomic E-state index is 14.0. The van der Waals surface area contributed by atoms with Crippen LogP contribution < -0.4 is 14.8 Å². The third kappa shape index (κ3) is 3.59. The molecular formula is C26H30N3O3S+. The van der Waals surface area contributed by atoms with Gasteiger partial charge in [0.15, 0.2) is 5.70 Å². The van der Waals surface area contributed by atoms with E-state index in [0.29, 0.717) is 16.6 Å². The predicted molar refractivity (Wildman–Crippen MR) is 132 cm³/mol. The minimum atomic E-state index is -0.454. The van der Waals surface area contributed by atoms with Crippen molar-refractivity contribution in [3.63, 3.8) is 0 Å². The first kappa shape index (κ1) is 22.2. The molecule has 2 aromatic rings. The molecule has 3 heterocycles. The van der Waals surface area contributed by atoms with Gasteiger partial charge in [0, 0.05) is 23.0 Å². The van der Waals surface area contributed by atoms with Crippen LogP contribution in [0.15, 0.2) is 58.0 Å². The van der Waals surface area contributed by atoms with Crippen LogP contribution in [0.4, 0.5) is 0 Å². The Morgan fingerprint density at radius 3 is 2.70 bits per heavy atom. The van der Waals surface area contributed by atoms with E-state index in [4.69, 9.17) is 14.6 Å². The molecule has 172 valence electrons. The topological polar surface area (TPSA) is 59.9 Å². The minimum Gasteiger partial charge on any atom is -0.496 e. The van der Waals surface area contributed by atoms with E-state index in [1.54, 1.807) is 18.9 Å². The Morgan fingerprint density at radius 1 is 1.21 bits per heavy atom. The number of benzene rings is 2. The molecule has 5 rings (SSSR count). The summed E-state index contributed by atoms with van der Waals surface area (Å²) in [5.41, 5.74) is 3.01. The van der Waals surface area contributed by atoms with Crippen LogP contribution in [0.5, 0.6) is 11.5 Å². The van der Waals surface area contributed by atoms with Crippen LogP contribution >= 0.6 is 11.8 Å². The van der Waals surface area contributed by atoms with Crippen LogP contribution in [0.3, 0.4) is 0 Å². The largest absolute Gasteiger partial charge is 0.496 e. The van der Waals surface area contributed by atoms with Gasteiger partial charge in [-0.3, -0.25) is 0 Å². The lowest BCUT2D eigenvalue weighted by Gasteiger charge is -2.42. The number of fused-ring (bicyclic) bond motifs is 3. The van der Waals surface area contributed by atoms with Gasteiger partial charge in [-0.05, 0) is 43.4 Å². The maximum atomic E-state index is 14.0. The molecule has 33 heavy (non-hydrogen) atoms. The summed E-state index contributed by atoms with van der Waals surface area (Å²) in [4.78, 5) is 15.0. The molecule has 1 spiro atoms. The van der Waals surface area contributed by atoms with Crippen molar-refractivity contribution in [3.8, 4) is 11.5 Å². The van der Waals surface area contributed by atoms with Gasteiger partial charge in [0.25, 0.3) is 0 Å². The molecule has 7 heteroatoms. The number of para-hydroxylation sites is 1. The average molecular weight is 465 g/mol. The molecule has 0 radical (unpaired) electrons. The Kier molecular flexibility index (Phi) is 5.59. The van der Waals surface area contributed by atoms with E-state index in [0.717, 1.165) is 53.4 Å². The number of carbonyl (C=O) groups is 1. The van der Waals surface area contributed by atoms with Crippen LogP contribution in [-0.2, 0) is 0 Å². The monoisotopic (exact) mass is 464 g/mol. The summed E-state index contributed by atoms with van der Waals surface area (Å²) < 4.78 is 12.1. The third-order valence-electron chi connectivity index (χ3n) is 6.63. The molecule has 1 atom stereocenters. The highest BCUT2D eigenvalue weighted by Crippen LogP contribution is 2.50. The van der Waals surface area contributed by atoms with Crippen molar-refractivity contribution in [2.75, 3.05) is 27.2 Å². The van der Waals surface area contributed by atoms with Crippen LogP contribution in [0.1, 0.15) is 42.6 Å². The fourth-order valence-electron chi connectivity index (χ4n) is 5.02. The number of nitrogens with zero attached hydrogens (tertiary/aromatic N) is 2. The van der Waals surface area contributed by atoms with Gasteiger partial charge < -0.3 is 14.8 Å². The zero-order valence-electron chi connectivity index (χ0n) is 19.6. The van der Waals surface area contributed by atoms with Crippen molar-refractivity contribution in [2.24, 2.45) is 5.10 Å². The summed E-state index contributed by atoms with van der Waals surface area (Å²) in [5, 5.41) is 8.65. The van der Waals surface area contributed by atoms with Crippen molar-refractivity contribution in [3.05, 3.63) is 59.2 Å². The highest BCUT2D eigenvalue weighted by atomic mass is 32.2. The van der Waals surface area contributed by atoms with Gasteiger partial charge in [0.1, 0.15) is 24.1 Å². The summed E-state index contributed by atoms with van der Waals surface area (Å²) in [5.74, 6) is 1.45.